The number of H-pyrrole nitrogens is 1. The molecular weight excluding hydrogens is 302 g/mol. The van der Waals surface area contributed by atoms with Gasteiger partial charge in [-0.3, -0.25) is 9.78 Å². The fourth-order valence-corrected chi connectivity index (χ4v) is 3.60. The van der Waals surface area contributed by atoms with Gasteiger partial charge in [-0.2, -0.15) is 0 Å². The summed E-state index contributed by atoms with van der Waals surface area (Å²) < 4.78 is 0. The molecule has 0 atom stereocenters. The van der Waals surface area contributed by atoms with Gasteiger partial charge in [0.15, 0.2) is 0 Å². The van der Waals surface area contributed by atoms with E-state index in [4.69, 9.17) is 5.73 Å². The molecule has 4 heterocycles. The Balaban J connectivity index is 1.54. The maximum absolute atomic E-state index is 11.6. The Morgan fingerprint density at radius 2 is 2.08 bits per heavy atom. The van der Waals surface area contributed by atoms with E-state index in [2.05, 4.69) is 32.1 Å². The van der Waals surface area contributed by atoms with E-state index in [1.165, 1.54) is 10.9 Å². The molecule has 1 aliphatic heterocycles. The van der Waals surface area contributed by atoms with Crippen molar-refractivity contribution in [2.45, 2.75) is 18.8 Å². The van der Waals surface area contributed by atoms with E-state index in [1.807, 2.05) is 12.1 Å². The second-order valence-electron chi connectivity index (χ2n) is 6.16. The smallest absolute Gasteiger partial charge is 0.252 e. The molecule has 0 aliphatic carbocycles. The molecule has 3 aromatic heterocycles. The van der Waals surface area contributed by atoms with E-state index in [1.54, 1.807) is 18.6 Å². The molecule has 0 unspecified atom stereocenters. The Morgan fingerprint density at radius 1 is 1.25 bits per heavy atom. The summed E-state index contributed by atoms with van der Waals surface area (Å²) in [6.45, 7) is 1.78. The number of amides is 1. The summed E-state index contributed by atoms with van der Waals surface area (Å²) >= 11 is 0. The lowest BCUT2D eigenvalue weighted by Gasteiger charge is -2.34. The number of piperidine rings is 1. The lowest BCUT2D eigenvalue weighted by atomic mass is 9.89. The summed E-state index contributed by atoms with van der Waals surface area (Å²) in [7, 11) is 0. The van der Waals surface area contributed by atoms with Crippen LogP contribution in [0.3, 0.4) is 0 Å². The molecule has 1 saturated heterocycles. The average Bonchev–Trinajstić information content (AvgIpc) is 3.06. The largest absolute Gasteiger partial charge is 0.371 e. The highest BCUT2D eigenvalue weighted by Gasteiger charge is 2.25. The molecule has 3 N–H and O–H groups in total. The maximum Gasteiger partial charge on any atom is 0.252 e. The third-order valence-corrected chi connectivity index (χ3v) is 4.82. The molecule has 0 aromatic carbocycles. The quantitative estimate of drug-likeness (QED) is 0.775. The van der Waals surface area contributed by atoms with Crippen molar-refractivity contribution >= 4 is 22.6 Å². The Kier molecular flexibility index (Phi) is 3.65. The monoisotopic (exact) mass is 321 g/mol. The van der Waals surface area contributed by atoms with Crippen molar-refractivity contribution in [2.75, 3.05) is 18.0 Å². The van der Waals surface area contributed by atoms with Crippen LogP contribution < -0.4 is 10.6 Å². The Labute approximate surface area is 139 Å². The minimum Gasteiger partial charge on any atom is -0.371 e. The molecular formula is C18H19N5O. The Bertz CT molecular complexity index is 880. The molecule has 0 saturated carbocycles. The molecule has 4 rings (SSSR count). The average molecular weight is 321 g/mol. The van der Waals surface area contributed by atoms with E-state index in [9.17, 15) is 4.79 Å². The zero-order chi connectivity index (χ0) is 16.5. The summed E-state index contributed by atoms with van der Waals surface area (Å²) in [4.78, 5) is 25.5. The SMILES string of the molecule is NC(=O)c1cnccc1N1CCC(c2c[nH]c3ncccc23)CC1. The summed E-state index contributed by atoms with van der Waals surface area (Å²) in [6.07, 6.45) is 9.21. The number of primary amides is 1. The molecule has 1 aliphatic rings. The number of aromatic nitrogens is 3. The lowest BCUT2D eigenvalue weighted by Crippen LogP contribution is -2.34. The highest BCUT2D eigenvalue weighted by molar-refractivity contribution is 5.98. The van der Waals surface area contributed by atoms with Gasteiger partial charge in [-0.15, -0.1) is 0 Å². The first-order valence-corrected chi connectivity index (χ1v) is 8.15. The number of nitrogens with zero attached hydrogens (tertiary/aromatic N) is 3. The Hall–Kier alpha value is -2.89. The predicted molar refractivity (Wildman–Crippen MR) is 93.0 cm³/mol. The summed E-state index contributed by atoms with van der Waals surface area (Å²) in [5, 5.41) is 1.21. The van der Waals surface area contributed by atoms with Gasteiger partial charge in [-0.25, -0.2) is 4.98 Å². The number of nitrogens with two attached hydrogens (primary N) is 1. The van der Waals surface area contributed by atoms with Gasteiger partial charge in [0.1, 0.15) is 5.65 Å². The molecule has 122 valence electrons. The van der Waals surface area contributed by atoms with E-state index in [-0.39, 0.29) is 0 Å². The molecule has 3 aromatic rings. The van der Waals surface area contributed by atoms with Gasteiger partial charge in [0.05, 0.1) is 11.3 Å². The van der Waals surface area contributed by atoms with E-state index < -0.39 is 5.91 Å². The minimum atomic E-state index is -0.428. The number of hydrogen-bond acceptors (Lipinski definition) is 4. The van der Waals surface area contributed by atoms with Crippen LogP contribution in [0.4, 0.5) is 5.69 Å². The number of fused-ring (bicyclic) bond motifs is 1. The van der Waals surface area contributed by atoms with Crippen LogP contribution in [0.15, 0.2) is 43.0 Å². The van der Waals surface area contributed by atoms with Gasteiger partial charge in [-0.05, 0) is 42.5 Å². The van der Waals surface area contributed by atoms with Crippen LogP contribution in [0.2, 0.25) is 0 Å². The van der Waals surface area contributed by atoms with Gasteiger partial charge in [0.25, 0.3) is 5.91 Å². The van der Waals surface area contributed by atoms with Crippen LogP contribution in [0.5, 0.6) is 0 Å². The van der Waals surface area contributed by atoms with Crippen LogP contribution in [0.25, 0.3) is 11.0 Å². The van der Waals surface area contributed by atoms with Gasteiger partial charge >= 0.3 is 0 Å². The van der Waals surface area contributed by atoms with Crippen molar-refractivity contribution in [1.29, 1.82) is 0 Å². The molecule has 6 nitrogen and oxygen atoms in total. The van der Waals surface area contributed by atoms with Gasteiger partial charge in [-0.1, -0.05) is 0 Å². The number of pyridine rings is 2. The first-order valence-electron chi connectivity index (χ1n) is 8.15. The number of anilines is 1. The normalized spacial score (nSPS) is 15.8. The number of nitrogens with one attached hydrogen (secondary N) is 1. The minimum absolute atomic E-state index is 0.428. The third kappa shape index (κ3) is 2.50. The first-order chi connectivity index (χ1) is 11.7. The number of aromatic amines is 1. The number of carbonyl (C=O) groups excluding carboxylic acids is 1. The van der Waals surface area contributed by atoms with Crippen LogP contribution >= 0.6 is 0 Å². The molecule has 0 bridgehead atoms. The van der Waals surface area contributed by atoms with Crippen molar-refractivity contribution in [2.24, 2.45) is 5.73 Å². The number of carbonyl (C=O) groups is 1. The molecule has 24 heavy (non-hydrogen) atoms. The zero-order valence-electron chi connectivity index (χ0n) is 13.3. The molecule has 0 radical (unpaired) electrons. The fourth-order valence-electron chi connectivity index (χ4n) is 3.60. The van der Waals surface area contributed by atoms with Crippen LogP contribution in [0, 0.1) is 0 Å². The highest BCUT2D eigenvalue weighted by atomic mass is 16.1. The van der Waals surface area contributed by atoms with Crippen molar-refractivity contribution < 1.29 is 4.79 Å². The summed E-state index contributed by atoms with van der Waals surface area (Å²) in [5.41, 5.74) is 9.13. The number of hydrogen-bond donors (Lipinski definition) is 2. The van der Waals surface area contributed by atoms with E-state index in [0.717, 1.165) is 37.3 Å². The fraction of sp³-hybridized carbons (Fsp3) is 0.278. The second kappa shape index (κ2) is 5.96. The maximum atomic E-state index is 11.6. The van der Waals surface area contributed by atoms with Crippen LogP contribution in [0.1, 0.15) is 34.7 Å². The topological polar surface area (TPSA) is 87.9 Å². The van der Waals surface area contributed by atoms with Crippen LogP contribution in [-0.4, -0.2) is 33.9 Å². The lowest BCUT2D eigenvalue weighted by molar-refractivity contribution is 0.100. The van der Waals surface area contributed by atoms with Gasteiger partial charge in [0.2, 0.25) is 0 Å². The summed E-state index contributed by atoms with van der Waals surface area (Å²) in [5.74, 6) is 0.0704. The van der Waals surface area contributed by atoms with Gasteiger partial charge < -0.3 is 15.6 Å². The van der Waals surface area contributed by atoms with E-state index in [0.29, 0.717) is 11.5 Å². The van der Waals surface area contributed by atoms with Crippen LogP contribution in [-0.2, 0) is 0 Å². The van der Waals surface area contributed by atoms with Crippen molar-refractivity contribution in [1.82, 2.24) is 15.0 Å². The molecule has 0 spiro atoms. The molecule has 1 amide bonds. The standard InChI is InChI=1S/C18H19N5O/c19-17(24)15-10-20-7-3-16(15)23-8-4-12(5-9-23)14-11-22-18-13(14)2-1-6-21-18/h1-3,6-7,10-12H,4-5,8-9H2,(H2,19,24)(H,21,22). The van der Waals surface area contributed by atoms with Crippen molar-refractivity contribution in [3.8, 4) is 0 Å². The van der Waals surface area contributed by atoms with Crippen molar-refractivity contribution in [3.05, 3.63) is 54.1 Å². The number of rotatable bonds is 3. The predicted octanol–water partition coefficient (Wildman–Crippen LogP) is 2.44. The third-order valence-electron chi connectivity index (χ3n) is 4.82. The molecule has 6 heteroatoms. The summed E-state index contributed by atoms with van der Waals surface area (Å²) in [6, 6.07) is 5.97. The van der Waals surface area contributed by atoms with Gasteiger partial charge in [0, 0.05) is 43.3 Å². The van der Waals surface area contributed by atoms with E-state index >= 15 is 0 Å². The zero-order valence-corrected chi connectivity index (χ0v) is 13.3. The van der Waals surface area contributed by atoms with Crippen molar-refractivity contribution in [3.63, 3.8) is 0 Å². The molecule has 1 fully saturated rings. The Morgan fingerprint density at radius 3 is 2.88 bits per heavy atom. The first kappa shape index (κ1) is 14.7. The highest BCUT2D eigenvalue weighted by Crippen LogP contribution is 2.34. The second-order valence-corrected chi connectivity index (χ2v) is 6.16.